The second-order valence-electron chi connectivity index (χ2n) is 3.86. The second-order valence-corrected chi connectivity index (χ2v) is 4.71. The predicted octanol–water partition coefficient (Wildman–Crippen LogP) is 4.27. The van der Waals surface area contributed by atoms with Crippen molar-refractivity contribution in [3.63, 3.8) is 0 Å². The van der Waals surface area contributed by atoms with E-state index in [1.165, 1.54) is 12.1 Å². The van der Waals surface area contributed by atoms with E-state index in [1.54, 1.807) is 18.2 Å². The normalized spacial score (nSPS) is 10.2. The highest BCUT2D eigenvalue weighted by atomic mass is 35.5. The summed E-state index contributed by atoms with van der Waals surface area (Å²) in [5.74, 6) is -0.542. The molecule has 0 heterocycles. The van der Waals surface area contributed by atoms with Crippen LogP contribution in [0.5, 0.6) is 5.75 Å². The van der Waals surface area contributed by atoms with Gasteiger partial charge in [0.05, 0.1) is 10.6 Å². The summed E-state index contributed by atoms with van der Waals surface area (Å²) in [6.07, 6.45) is 0. The van der Waals surface area contributed by atoms with Gasteiger partial charge in [0, 0.05) is 5.02 Å². The number of carboxylic acids is 1. The fourth-order valence-electron chi connectivity index (χ4n) is 1.51. The van der Waals surface area contributed by atoms with Crippen LogP contribution in [-0.2, 0) is 6.61 Å². The van der Waals surface area contributed by atoms with Crippen molar-refractivity contribution in [1.82, 2.24) is 0 Å². The molecule has 19 heavy (non-hydrogen) atoms. The number of ether oxygens (including phenoxy) is 1. The molecule has 98 valence electrons. The third kappa shape index (κ3) is 3.63. The van der Waals surface area contributed by atoms with Gasteiger partial charge < -0.3 is 9.84 Å². The number of carbonyl (C=O) groups is 1. The van der Waals surface area contributed by atoms with Gasteiger partial charge in [-0.05, 0) is 35.9 Å². The van der Waals surface area contributed by atoms with E-state index in [1.807, 2.05) is 12.1 Å². The lowest BCUT2D eigenvalue weighted by Gasteiger charge is -2.07. The Morgan fingerprint density at radius 1 is 1.11 bits per heavy atom. The monoisotopic (exact) mass is 296 g/mol. The highest BCUT2D eigenvalue weighted by molar-refractivity contribution is 6.33. The zero-order chi connectivity index (χ0) is 13.8. The first-order valence-corrected chi connectivity index (χ1v) is 6.22. The molecule has 3 nitrogen and oxygen atoms in total. The van der Waals surface area contributed by atoms with Crippen molar-refractivity contribution in [3.8, 4) is 5.75 Å². The van der Waals surface area contributed by atoms with Crippen molar-refractivity contribution < 1.29 is 14.6 Å². The largest absolute Gasteiger partial charge is 0.489 e. The molecule has 5 heteroatoms. The number of hydrogen-bond acceptors (Lipinski definition) is 2. The van der Waals surface area contributed by atoms with E-state index in [4.69, 9.17) is 33.0 Å². The molecule has 0 aliphatic carbocycles. The lowest BCUT2D eigenvalue weighted by Crippen LogP contribution is -1.99. The first-order valence-electron chi connectivity index (χ1n) is 5.46. The summed E-state index contributed by atoms with van der Waals surface area (Å²) >= 11 is 11.6. The van der Waals surface area contributed by atoms with Crippen LogP contribution in [0.1, 0.15) is 15.9 Å². The molecule has 2 aromatic rings. The third-order valence-electron chi connectivity index (χ3n) is 2.49. The van der Waals surface area contributed by atoms with Gasteiger partial charge in [-0.3, -0.25) is 0 Å². The highest BCUT2D eigenvalue weighted by Gasteiger charge is 2.09. The molecule has 0 aliphatic rings. The lowest BCUT2D eigenvalue weighted by molar-refractivity contribution is 0.0697. The van der Waals surface area contributed by atoms with Crippen molar-refractivity contribution in [1.29, 1.82) is 0 Å². The van der Waals surface area contributed by atoms with Gasteiger partial charge in [0.2, 0.25) is 0 Å². The van der Waals surface area contributed by atoms with Gasteiger partial charge in [0.15, 0.2) is 0 Å². The van der Waals surface area contributed by atoms with E-state index in [0.29, 0.717) is 17.4 Å². The average Bonchev–Trinajstić information content (AvgIpc) is 2.37. The Balaban J connectivity index is 2.06. The Morgan fingerprint density at radius 2 is 1.79 bits per heavy atom. The van der Waals surface area contributed by atoms with E-state index in [0.717, 1.165) is 5.56 Å². The van der Waals surface area contributed by atoms with E-state index in [9.17, 15) is 4.79 Å². The van der Waals surface area contributed by atoms with Crippen molar-refractivity contribution >= 4 is 29.2 Å². The standard InChI is InChI=1S/C14H10Cl2O3/c15-10-3-1-9(2-4-10)8-19-11-5-6-12(14(17)18)13(16)7-11/h1-7H,8H2,(H,17,18). The Kier molecular flexibility index (Phi) is 4.30. The molecular formula is C14H10Cl2O3. The minimum Gasteiger partial charge on any atom is -0.489 e. The molecule has 0 aromatic heterocycles. The summed E-state index contributed by atoms with van der Waals surface area (Å²) in [6, 6.07) is 11.8. The van der Waals surface area contributed by atoms with Gasteiger partial charge in [-0.15, -0.1) is 0 Å². The van der Waals surface area contributed by atoms with Gasteiger partial charge >= 0.3 is 5.97 Å². The molecule has 0 saturated heterocycles. The molecule has 0 spiro atoms. The first kappa shape index (κ1) is 13.7. The van der Waals surface area contributed by atoms with Gasteiger partial charge in [-0.25, -0.2) is 4.79 Å². The van der Waals surface area contributed by atoms with E-state index >= 15 is 0 Å². The molecule has 1 N–H and O–H groups in total. The fourth-order valence-corrected chi connectivity index (χ4v) is 1.88. The van der Waals surface area contributed by atoms with Crippen LogP contribution in [0.2, 0.25) is 10.0 Å². The van der Waals surface area contributed by atoms with Gasteiger partial charge in [0.25, 0.3) is 0 Å². The zero-order valence-corrected chi connectivity index (χ0v) is 11.3. The topological polar surface area (TPSA) is 46.5 Å². The smallest absolute Gasteiger partial charge is 0.337 e. The molecule has 2 rings (SSSR count). The predicted molar refractivity (Wildman–Crippen MR) is 74.2 cm³/mol. The second kappa shape index (κ2) is 5.95. The van der Waals surface area contributed by atoms with Gasteiger partial charge in [-0.2, -0.15) is 0 Å². The summed E-state index contributed by atoms with van der Waals surface area (Å²) in [5.41, 5.74) is 1.02. The van der Waals surface area contributed by atoms with Crippen molar-refractivity contribution in [3.05, 3.63) is 63.6 Å². The van der Waals surface area contributed by atoms with Crippen LogP contribution in [0, 0.1) is 0 Å². The van der Waals surface area contributed by atoms with Crippen LogP contribution in [0.25, 0.3) is 0 Å². The average molecular weight is 297 g/mol. The number of carboxylic acid groups (broad SMARTS) is 1. The molecule has 0 atom stereocenters. The molecule has 0 unspecified atom stereocenters. The quantitative estimate of drug-likeness (QED) is 0.916. The molecule has 0 amide bonds. The van der Waals surface area contributed by atoms with Crippen LogP contribution in [0.3, 0.4) is 0 Å². The SMILES string of the molecule is O=C(O)c1ccc(OCc2ccc(Cl)cc2)cc1Cl. The number of benzene rings is 2. The third-order valence-corrected chi connectivity index (χ3v) is 3.05. The maximum atomic E-state index is 10.8. The lowest BCUT2D eigenvalue weighted by atomic mass is 10.2. The van der Waals surface area contributed by atoms with Crippen LogP contribution in [-0.4, -0.2) is 11.1 Å². The van der Waals surface area contributed by atoms with Crippen LogP contribution in [0.15, 0.2) is 42.5 Å². The maximum absolute atomic E-state index is 10.8. The number of aromatic carboxylic acids is 1. The molecular weight excluding hydrogens is 287 g/mol. The molecule has 0 fully saturated rings. The van der Waals surface area contributed by atoms with E-state index in [-0.39, 0.29) is 10.6 Å². The Hall–Kier alpha value is -1.71. The number of rotatable bonds is 4. The Bertz CT molecular complexity index is 594. The minimum absolute atomic E-state index is 0.0560. The maximum Gasteiger partial charge on any atom is 0.337 e. The Labute approximate surface area is 120 Å². The molecule has 0 bridgehead atoms. The summed E-state index contributed by atoms with van der Waals surface area (Å²) in [4.78, 5) is 10.8. The van der Waals surface area contributed by atoms with Crippen molar-refractivity contribution in [2.75, 3.05) is 0 Å². The van der Waals surface area contributed by atoms with E-state index in [2.05, 4.69) is 0 Å². The van der Waals surface area contributed by atoms with Crippen LogP contribution < -0.4 is 4.74 Å². The summed E-state index contributed by atoms with van der Waals surface area (Å²) < 4.78 is 5.53. The van der Waals surface area contributed by atoms with Crippen molar-refractivity contribution in [2.45, 2.75) is 6.61 Å². The number of halogens is 2. The summed E-state index contributed by atoms with van der Waals surface area (Å²) in [6.45, 7) is 0.361. The molecule has 0 radical (unpaired) electrons. The molecule has 0 aliphatic heterocycles. The van der Waals surface area contributed by atoms with E-state index < -0.39 is 5.97 Å². The van der Waals surface area contributed by atoms with Gasteiger partial charge in [-0.1, -0.05) is 35.3 Å². The zero-order valence-electron chi connectivity index (χ0n) is 9.77. The number of hydrogen-bond donors (Lipinski definition) is 1. The Morgan fingerprint density at radius 3 is 2.37 bits per heavy atom. The first-order chi connectivity index (χ1) is 9.06. The minimum atomic E-state index is -1.06. The summed E-state index contributed by atoms with van der Waals surface area (Å²) in [7, 11) is 0. The highest BCUT2D eigenvalue weighted by Crippen LogP contribution is 2.23. The molecule has 0 saturated carbocycles. The fraction of sp³-hybridized carbons (Fsp3) is 0.0714. The summed E-state index contributed by atoms with van der Waals surface area (Å²) in [5, 5.41) is 9.67. The van der Waals surface area contributed by atoms with Crippen LogP contribution >= 0.6 is 23.2 Å². The van der Waals surface area contributed by atoms with Crippen LogP contribution in [0.4, 0.5) is 0 Å². The molecule has 2 aromatic carbocycles. The van der Waals surface area contributed by atoms with Crippen molar-refractivity contribution in [2.24, 2.45) is 0 Å². The van der Waals surface area contributed by atoms with Gasteiger partial charge in [0.1, 0.15) is 12.4 Å².